The number of thioether (sulfide) groups is 1. The smallest absolute Gasteiger partial charge is 0.258 e. The van der Waals surface area contributed by atoms with Crippen LogP contribution >= 0.6 is 23.1 Å². The summed E-state index contributed by atoms with van der Waals surface area (Å²) in [6.07, 6.45) is 1.74. The Balaban J connectivity index is 1.86. The largest absolute Gasteiger partial charge is 0.398 e. The van der Waals surface area contributed by atoms with E-state index in [1.165, 1.54) is 11.3 Å². The molecule has 2 heterocycles. The average molecular weight is 303 g/mol. The molecule has 0 radical (unpaired) electrons. The van der Waals surface area contributed by atoms with Gasteiger partial charge in [-0.3, -0.25) is 9.20 Å². The average Bonchev–Trinajstić information content (AvgIpc) is 2.89. The van der Waals surface area contributed by atoms with Gasteiger partial charge in [-0.1, -0.05) is 12.1 Å². The molecule has 0 saturated carbocycles. The lowest BCUT2D eigenvalue weighted by Crippen LogP contribution is -2.12. The van der Waals surface area contributed by atoms with E-state index in [0.29, 0.717) is 5.75 Å². The number of nitrogen functional groups attached to an aromatic ring is 1. The third-order valence-electron chi connectivity index (χ3n) is 3.02. The molecule has 3 aromatic rings. The Morgan fingerprint density at radius 2 is 2.30 bits per heavy atom. The van der Waals surface area contributed by atoms with Crippen LogP contribution in [0.4, 0.5) is 5.69 Å². The van der Waals surface area contributed by atoms with Crippen molar-refractivity contribution in [1.82, 2.24) is 9.38 Å². The number of benzene rings is 1. The van der Waals surface area contributed by atoms with Gasteiger partial charge in [0.1, 0.15) is 0 Å². The van der Waals surface area contributed by atoms with E-state index in [4.69, 9.17) is 5.73 Å². The molecule has 102 valence electrons. The molecule has 0 amide bonds. The van der Waals surface area contributed by atoms with Crippen LogP contribution in [-0.4, -0.2) is 9.38 Å². The van der Waals surface area contributed by atoms with Crippen molar-refractivity contribution in [3.63, 3.8) is 0 Å². The van der Waals surface area contributed by atoms with Crippen molar-refractivity contribution in [3.8, 4) is 0 Å². The number of aryl methyl sites for hydroxylation is 1. The van der Waals surface area contributed by atoms with E-state index in [9.17, 15) is 4.79 Å². The summed E-state index contributed by atoms with van der Waals surface area (Å²) >= 11 is 3.06. The zero-order valence-corrected chi connectivity index (χ0v) is 12.5. The molecule has 0 fully saturated rings. The van der Waals surface area contributed by atoms with E-state index < -0.39 is 0 Å². The molecule has 0 aliphatic rings. The Hall–Kier alpha value is -1.79. The van der Waals surface area contributed by atoms with Gasteiger partial charge in [0.05, 0.1) is 5.69 Å². The van der Waals surface area contributed by atoms with Crippen LogP contribution in [0.3, 0.4) is 0 Å². The minimum Gasteiger partial charge on any atom is -0.398 e. The van der Waals surface area contributed by atoms with Gasteiger partial charge in [0.25, 0.3) is 5.56 Å². The zero-order valence-electron chi connectivity index (χ0n) is 10.9. The number of aromatic nitrogens is 2. The first-order valence-corrected chi connectivity index (χ1v) is 7.95. The van der Waals surface area contributed by atoms with Gasteiger partial charge in [-0.25, -0.2) is 4.98 Å². The number of hydrogen-bond acceptors (Lipinski definition) is 5. The lowest BCUT2D eigenvalue weighted by atomic mass is 10.2. The maximum absolute atomic E-state index is 11.9. The Kier molecular flexibility index (Phi) is 3.50. The van der Waals surface area contributed by atoms with E-state index in [0.717, 1.165) is 26.8 Å². The molecule has 0 unspecified atom stereocenters. The monoisotopic (exact) mass is 303 g/mol. The Labute approximate surface area is 124 Å². The van der Waals surface area contributed by atoms with Crippen molar-refractivity contribution in [2.45, 2.75) is 17.6 Å². The maximum Gasteiger partial charge on any atom is 0.258 e. The first-order chi connectivity index (χ1) is 9.65. The molecular weight excluding hydrogens is 290 g/mol. The molecule has 20 heavy (non-hydrogen) atoms. The molecule has 0 aliphatic heterocycles. The van der Waals surface area contributed by atoms with Crippen molar-refractivity contribution in [3.05, 3.63) is 57.5 Å². The standard InChI is InChI=1S/C14H13N3OS2/c1-9-3-2-4-11(13(9)15)20-8-10-7-12(18)17-5-6-19-14(17)16-10/h2-7H,8,15H2,1H3. The lowest BCUT2D eigenvalue weighted by molar-refractivity contribution is 1.04. The van der Waals surface area contributed by atoms with Crippen molar-refractivity contribution in [1.29, 1.82) is 0 Å². The number of anilines is 1. The minimum atomic E-state index is -0.0379. The molecular formula is C14H13N3OS2. The summed E-state index contributed by atoms with van der Waals surface area (Å²) < 4.78 is 1.56. The molecule has 1 aromatic carbocycles. The fraction of sp³-hybridized carbons (Fsp3) is 0.143. The van der Waals surface area contributed by atoms with Crippen molar-refractivity contribution in [2.24, 2.45) is 0 Å². The van der Waals surface area contributed by atoms with Gasteiger partial charge >= 0.3 is 0 Å². The van der Waals surface area contributed by atoms with Crippen LogP contribution in [0, 0.1) is 6.92 Å². The molecule has 2 N–H and O–H groups in total. The number of fused-ring (bicyclic) bond motifs is 1. The highest BCUT2D eigenvalue weighted by Gasteiger charge is 2.06. The fourth-order valence-corrected chi connectivity index (χ4v) is 3.57. The van der Waals surface area contributed by atoms with Crippen LogP contribution < -0.4 is 11.3 Å². The Morgan fingerprint density at radius 3 is 3.15 bits per heavy atom. The molecule has 0 atom stereocenters. The molecule has 2 aromatic heterocycles. The Bertz CT molecular complexity index is 823. The second kappa shape index (κ2) is 5.30. The van der Waals surface area contributed by atoms with Crippen molar-refractivity contribution >= 4 is 33.7 Å². The predicted molar refractivity (Wildman–Crippen MR) is 84.5 cm³/mol. The number of para-hydroxylation sites is 1. The van der Waals surface area contributed by atoms with E-state index in [2.05, 4.69) is 4.98 Å². The number of rotatable bonds is 3. The van der Waals surface area contributed by atoms with Crippen LogP contribution in [0.1, 0.15) is 11.3 Å². The van der Waals surface area contributed by atoms with Crippen LogP contribution in [-0.2, 0) is 5.75 Å². The molecule has 0 bridgehead atoms. The third-order valence-corrected chi connectivity index (χ3v) is 4.88. The normalized spacial score (nSPS) is 11.1. The summed E-state index contributed by atoms with van der Waals surface area (Å²) in [6, 6.07) is 7.54. The highest BCUT2D eigenvalue weighted by atomic mass is 32.2. The molecule has 3 rings (SSSR count). The van der Waals surface area contributed by atoms with E-state index in [1.54, 1.807) is 28.4 Å². The Morgan fingerprint density at radius 1 is 1.45 bits per heavy atom. The second-order valence-corrected chi connectivity index (χ2v) is 6.31. The van der Waals surface area contributed by atoms with E-state index in [1.807, 2.05) is 30.5 Å². The van der Waals surface area contributed by atoms with Gasteiger partial charge in [0.15, 0.2) is 4.96 Å². The summed E-state index contributed by atoms with van der Waals surface area (Å²) in [5.74, 6) is 0.636. The second-order valence-electron chi connectivity index (χ2n) is 4.42. The minimum absolute atomic E-state index is 0.0379. The third kappa shape index (κ3) is 2.44. The van der Waals surface area contributed by atoms with Crippen molar-refractivity contribution in [2.75, 3.05) is 5.73 Å². The topological polar surface area (TPSA) is 60.4 Å². The summed E-state index contributed by atoms with van der Waals surface area (Å²) in [5.41, 5.74) is 8.65. The summed E-state index contributed by atoms with van der Waals surface area (Å²) in [5, 5.41) is 1.86. The number of nitrogens with zero attached hydrogens (tertiary/aromatic N) is 2. The van der Waals surface area contributed by atoms with E-state index in [-0.39, 0.29) is 5.56 Å². The van der Waals surface area contributed by atoms with Crippen LogP contribution in [0.2, 0.25) is 0 Å². The van der Waals surface area contributed by atoms with Gasteiger partial charge in [-0.2, -0.15) is 0 Å². The molecule has 0 aliphatic carbocycles. The molecule has 0 saturated heterocycles. The number of thiazole rings is 1. The highest BCUT2D eigenvalue weighted by Crippen LogP contribution is 2.29. The fourth-order valence-electron chi connectivity index (χ4n) is 1.89. The molecule has 4 nitrogen and oxygen atoms in total. The predicted octanol–water partition coefficient (Wildman–Crippen LogP) is 2.94. The van der Waals surface area contributed by atoms with Gasteiger partial charge in [-0.05, 0) is 18.6 Å². The first kappa shape index (κ1) is 13.2. The maximum atomic E-state index is 11.9. The van der Waals surface area contributed by atoms with Gasteiger partial charge in [0, 0.05) is 34.0 Å². The zero-order chi connectivity index (χ0) is 14.1. The SMILES string of the molecule is Cc1cccc(SCc2cc(=O)n3ccsc3n2)c1N. The number of hydrogen-bond donors (Lipinski definition) is 1. The van der Waals surface area contributed by atoms with Gasteiger partial charge in [0.2, 0.25) is 0 Å². The highest BCUT2D eigenvalue weighted by molar-refractivity contribution is 7.98. The van der Waals surface area contributed by atoms with Crippen LogP contribution in [0.5, 0.6) is 0 Å². The summed E-state index contributed by atoms with van der Waals surface area (Å²) in [4.78, 5) is 18.1. The lowest BCUT2D eigenvalue weighted by Gasteiger charge is -2.07. The molecule has 6 heteroatoms. The molecule has 0 spiro atoms. The van der Waals surface area contributed by atoms with Gasteiger partial charge < -0.3 is 5.73 Å². The van der Waals surface area contributed by atoms with E-state index >= 15 is 0 Å². The number of nitrogens with two attached hydrogens (primary N) is 1. The first-order valence-electron chi connectivity index (χ1n) is 6.09. The van der Waals surface area contributed by atoms with Gasteiger partial charge in [-0.15, -0.1) is 23.1 Å². The van der Waals surface area contributed by atoms with Crippen LogP contribution in [0.15, 0.2) is 45.5 Å². The summed E-state index contributed by atoms with van der Waals surface area (Å²) in [7, 11) is 0. The summed E-state index contributed by atoms with van der Waals surface area (Å²) in [6.45, 7) is 1.99. The van der Waals surface area contributed by atoms with Crippen molar-refractivity contribution < 1.29 is 0 Å². The van der Waals surface area contributed by atoms with Crippen LogP contribution in [0.25, 0.3) is 4.96 Å². The quantitative estimate of drug-likeness (QED) is 0.597.